The van der Waals surface area contributed by atoms with Gasteiger partial charge >= 0.3 is 0 Å². The molecule has 0 aliphatic carbocycles. The summed E-state index contributed by atoms with van der Waals surface area (Å²) in [4.78, 5) is 16.3. The second-order valence-electron chi connectivity index (χ2n) is 4.67. The Morgan fingerprint density at radius 2 is 2.05 bits per heavy atom. The van der Waals surface area contributed by atoms with Crippen molar-refractivity contribution in [3.8, 4) is 5.75 Å². The van der Waals surface area contributed by atoms with E-state index in [-0.39, 0.29) is 11.5 Å². The van der Waals surface area contributed by atoms with Crippen LogP contribution < -0.4 is 4.74 Å². The van der Waals surface area contributed by atoms with Crippen LogP contribution in [-0.4, -0.2) is 60.9 Å². The topological polar surface area (TPSA) is 32.8 Å². The molecule has 4 nitrogen and oxygen atoms in total. The van der Waals surface area contributed by atoms with Crippen LogP contribution in [0.25, 0.3) is 0 Å². The van der Waals surface area contributed by atoms with Gasteiger partial charge in [0.25, 0.3) is 5.91 Å². The molecule has 0 N–H and O–H groups in total. The van der Waals surface area contributed by atoms with Crippen LogP contribution in [0.3, 0.4) is 0 Å². The first-order valence-corrected chi connectivity index (χ1v) is 7.69. The van der Waals surface area contributed by atoms with Gasteiger partial charge in [0.15, 0.2) is 0 Å². The van der Waals surface area contributed by atoms with Gasteiger partial charge in [-0.25, -0.2) is 4.39 Å². The zero-order valence-electron chi connectivity index (χ0n) is 11.4. The highest BCUT2D eigenvalue weighted by Crippen LogP contribution is 2.18. The second-order valence-corrected chi connectivity index (χ2v) is 5.46. The van der Waals surface area contributed by atoms with Crippen molar-refractivity contribution in [2.75, 3.05) is 45.2 Å². The Bertz CT molecular complexity index is 476. The van der Waals surface area contributed by atoms with Crippen molar-refractivity contribution in [1.82, 2.24) is 9.80 Å². The lowest BCUT2D eigenvalue weighted by Crippen LogP contribution is -2.49. The standard InChI is InChI=1S/C14H18BrFN2O2/c1-20-11-2-3-12(13(16)10-11)14(19)18-8-6-17(5-4-15)7-9-18/h2-3,10H,4-9H2,1H3. The van der Waals surface area contributed by atoms with Crippen LogP contribution in [0, 0.1) is 5.82 Å². The van der Waals surface area contributed by atoms with Crippen LogP contribution in [-0.2, 0) is 0 Å². The molecular formula is C14H18BrFN2O2. The molecule has 0 saturated carbocycles. The molecule has 1 aliphatic rings. The maximum atomic E-state index is 13.9. The van der Waals surface area contributed by atoms with Gasteiger partial charge in [-0.2, -0.15) is 0 Å². The molecule has 0 aromatic heterocycles. The maximum Gasteiger partial charge on any atom is 0.256 e. The Morgan fingerprint density at radius 1 is 1.35 bits per heavy atom. The number of alkyl halides is 1. The largest absolute Gasteiger partial charge is 0.497 e. The summed E-state index contributed by atoms with van der Waals surface area (Å²) in [6, 6.07) is 4.34. The fraction of sp³-hybridized carbons (Fsp3) is 0.500. The number of benzene rings is 1. The number of halogens is 2. The Hall–Kier alpha value is -1.14. The molecule has 0 bridgehead atoms. The van der Waals surface area contributed by atoms with Crippen molar-refractivity contribution in [3.05, 3.63) is 29.6 Å². The summed E-state index contributed by atoms with van der Waals surface area (Å²) < 4.78 is 18.8. The molecule has 1 saturated heterocycles. The summed E-state index contributed by atoms with van der Waals surface area (Å²) in [5.74, 6) is -0.359. The van der Waals surface area contributed by atoms with E-state index < -0.39 is 5.82 Å². The molecular weight excluding hydrogens is 327 g/mol. The van der Waals surface area contributed by atoms with E-state index in [1.165, 1.54) is 19.2 Å². The molecule has 0 radical (unpaired) electrons. The minimum Gasteiger partial charge on any atom is -0.497 e. The van der Waals surface area contributed by atoms with Gasteiger partial charge in [-0.1, -0.05) is 15.9 Å². The summed E-state index contributed by atoms with van der Waals surface area (Å²) in [6.07, 6.45) is 0. The third kappa shape index (κ3) is 3.49. The van der Waals surface area contributed by atoms with E-state index >= 15 is 0 Å². The van der Waals surface area contributed by atoms with Crippen LogP contribution in [0.15, 0.2) is 18.2 Å². The van der Waals surface area contributed by atoms with Crippen molar-refractivity contribution in [3.63, 3.8) is 0 Å². The van der Waals surface area contributed by atoms with Crippen LogP contribution in [0.1, 0.15) is 10.4 Å². The van der Waals surface area contributed by atoms with Gasteiger partial charge in [0.1, 0.15) is 11.6 Å². The molecule has 20 heavy (non-hydrogen) atoms. The average molecular weight is 345 g/mol. The fourth-order valence-electron chi connectivity index (χ4n) is 2.26. The minimum atomic E-state index is -0.530. The number of hydrogen-bond donors (Lipinski definition) is 0. The van der Waals surface area contributed by atoms with Crippen LogP contribution in [0.4, 0.5) is 4.39 Å². The summed E-state index contributed by atoms with van der Waals surface area (Å²) >= 11 is 3.41. The zero-order valence-corrected chi connectivity index (χ0v) is 13.0. The molecule has 1 fully saturated rings. The number of methoxy groups -OCH3 is 1. The second kappa shape index (κ2) is 7.04. The lowest BCUT2D eigenvalue weighted by atomic mass is 10.1. The smallest absolute Gasteiger partial charge is 0.256 e. The molecule has 1 aromatic carbocycles. The Balaban J connectivity index is 2.02. The molecule has 0 spiro atoms. The van der Waals surface area contributed by atoms with Crippen LogP contribution >= 0.6 is 15.9 Å². The Labute approximate surface area is 126 Å². The summed E-state index contributed by atoms with van der Waals surface area (Å²) in [5.41, 5.74) is 0.111. The zero-order chi connectivity index (χ0) is 14.5. The number of carbonyl (C=O) groups is 1. The molecule has 6 heteroatoms. The SMILES string of the molecule is COc1ccc(C(=O)N2CCN(CCBr)CC2)c(F)c1. The monoisotopic (exact) mass is 344 g/mol. The first-order chi connectivity index (χ1) is 9.65. The number of hydrogen-bond acceptors (Lipinski definition) is 3. The molecule has 1 aliphatic heterocycles. The van der Waals surface area contributed by atoms with E-state index in [1.54, 1.807) is 11.0 Å². The maximum absolute atomic E-state index is 13.9. The van der Waals surface area contributed by atoms with E-state index in [9.17, 15) is 9.18 Å². The highest BCUT2D eigenvalue weighted by molar-refractivity contribution is 9.09. The third-order valence-electron chi connectivity index (χ3n) is 3.47. The Kier molecular flexibility index (Phi) is 5.37. The van der Waals surface area contributed by atoms with Crippen LogP contribution in [0.2, 0.25) is 0 Å². The third-order valence-corrected chi connectivity index (χ3v) is 3.82. The number of carbonyl (C=O) groups excluding carboxylic acids is 1. The van der Waals surface area contributed by atoms with E-state index in [2.05, 4.69) is 20.8 Å². The Morgan fingerprint density at radius 3 is 2.60 bits per heavy atom. The average Bonchev–Trinajstić information content (AvgIpc) is 2.47. The molecule has 1 heterocycles. The molecule has 0 unspecified atom stereocenters. The van der Waals surface area contributed by atoms with Gasteiger partial charge in [0.05, 0.1) is 12.7 Å². The minimum absolute atomic E-state index is 0.111. The summed E-state index contributed by atoms with van der Waals surface area (Å²) in [6.45, 7) is 3.90. The molecule has 2 rings (SSSR count). The quantitative estimate of drug-likeness (QED) is 0.783. The van der Waals surface area contributed by atoms with Gasteiger partial charge in [-0.05, 0) is 12.1 Å². The predicted molar refractivity (Wildman–Crippen MR) is 79.1 cm³/mol. The van der Waals surface area contributed by atoms with Gasteiger partial charge < -0.3 is 9.64 Å². The van der Waals surface area contributed by atoms with Crippen molar-refractivity contribution in [2.45, 2.75) is 0 Å². The number of ether oxygens (including phenoxy) is 1. The summed E-state index contributed by atoms with van der Waals surface area (Å²) in [5, 5.41) is 0.925. The fourth-order valence-corrected chi connectivity index (χ4v) is 2.76. The molecule has 1 aromatic rings. The summed E-state index contributed by atoms with van der Waals surface area (Å²) in [7, 11) is 1.47. The number of piperazine rings is 1. The van der Waals surface area contributed by atoms with Crippen LogP contribution in [0.5, 0.6) is 5.75 Å². The highest BCUT2D eigenvalue weighted by atomic mass is 79.9. The van der Waals surface area contributed by atoms with Gasteiger partial charge in [-0.3, -0.25) is 9.69 Å². The first-order valence-electron chi connectivity index (χ1n) is 6.57. The first kappa shape index (κ1) is 15.3. The van der Waals surface area contributed by atoms with E-state index in [0.717, 1.165) is 25.0 Å². The van der Waals surface area contributed by atoms with E-state index in [1.807, 2.05) is 0 Å². The van der Waals surface area contributed by atoms with Crippen molar-refractivity contribution in [1.29, 1.82) is 0 Å². The van der Waals surface area contributed by atoms with Gasteiger partial charge in [0.2, 0.25) is 0 Å². The predicted octanol–water partition coefficient (Wildman–Crippen LogP) is 1.99. The molecule has 0 atom stereocenters. The van der Waals surface area contributed by atoms with E-state index in [4.69, 9.17) is 4.74 Å². The van der Waals surface area contributed by atoms with Gasteiger partial charge in [-0.15, -0.1) is 0 Å². The van der Waals surface area contributed by atoms with Gasteiger partial charge in [0, 0.05) is 44.1 Å². The number of amides is 1. The normalized spacial score (nSPS) is 16.2. The van der Waals surface area contributed by atoms with E-state index in [0.29, 0.717) is 18.8 Å². The lowest BCUT2D eigenvalue weighted by Gasteiger charge is -2.34. The molecule has 1 amide bonds. The van der Waals surface area contributed by atoms with Crippen molar-refractivity contribution in [2.24, 2.45) is 0 Å². The molecule has 110 valence electrons. The van der Waals surface area contributed by atoms with Crippen molar-refractivity contribution < 1.29 is 13.9 Å². The van der Waals surface area contributed by atoms with Crippen molar-refractivity contribution >= 4 is 21.8 Å². The number of rotatable bonds is 4. The highest BCUT2D eigenvalue weighted by Gasteiger charge is 2.23. The lowest BCUT2D eigenvalue weighted by molar-refractivity contribution is 0.0640. The number of nitrogens with zero attached hydrogens (tertiary/aromatic N) is 2.